The molecule has 0 N–H and O–H groups in total. The van der Waals surface area contributed by atoms with Crippen LogP contribution >= 0.6 is 0 Å². The lowest BCUT2D eigenvalue weighted by Gasteiger charge is -2.59. The van der Waals surface area contributed by atoms with Crippen LogP contribution in [-0.4, -0.2) is 0 Å². The molecule has 0 heterocycles. The van der Waals surface area contributed by atoms with E-state index in [1.165, 1.54) is 77.0 Å². The standard InChI is InChI=1S/C27H46/c1-19(2)9-8-10-20(3)21-14-18-27(5)24(21)13-12-22-23-11-6-7-16-26(23,4)17-15-25(22)27/h19-20,22-23,25H,6-18H2,1-5H3/t20-,22-,23+,25-,26-,27-/m0/s1. The second-order valence-electron chi connectivity index (χ2n) is 12.0. The van der Waals surface area contributed by atoms with Gasteiger partial charge < -0.3 is 0 Å². The van der Waals surface area contributed by atoms with Crippen molar-refractivity contribution in [2.45, 2.75) is 118 Å². The third kappa shape index (κ3) is 3.46. The molecule has 0 heteroatoms. The average Bonchev–Trinajstić information content (AvgIpc) is 2.98. The second kappa shape index (κ2) is 7.53. The van der Waals surface area contributed by atoms with Crippen LogP contribution in [-0.2, 0) is 0 Å². The van der Waals surface area contributed by atoms with Gasteiger partial charge in [-0.1, -0.05) is 71.4 Å². The molecule has 4 rings (SSSR count). The first-order valence-electron chi connectivity index (χ1n) is 12.6. The maximum atomic E-state index is 2.71. The largest absolute Gasteiger partial charge is 0.0676 e. The molecule has 0 aliphatic heterocycles. The summed E-state index contributed by atoms with van der Waals surface area (Å²) in [6, 6.07) is 0. The summed E-state index contributed by atoms with van der Waals surface area (Å²) in [5, 5.41) is 0. The minimum atomic E-state index is 0.573. The van der Waals surface area contributed by atoms with Crippen LogP contribution in [0.15, 0.2) is 11.1 Å². The third-order valence-electron chi connectivity index (χ3n) is 10.0. The topological polar surface area (TPSA) is 0 Å². The van der Waals surface area contributed by atoms with Gasteiger partial charge in [0.2, 0.25) is 0 Å². The van der Waals surface area contributed by atoms with E-state index in [9.17, 15) is 0 Å². The summed E-state index contributed by atoms with van der Waals surface area (Å²) in [6.45, 7) is 12.7. The molecule has 0 bridgehead atoms. The summed E-state index contributed by atoms with van der Waals surface area (Å²) in [7, 11) is 0. The van der Waals surface area contributed by atoms with Gasteiger partial charge >= 0.3 is 0 Å². The Kier molecular flexibility index (Phi) is 5.59. The molecular formula is C27H46. The Morgan fingerprint density at radius 3 is 2.44 bits per heavy atom. The molecule has 0 nitrogen and oxygen atoms in total. The lowest BCUT2D eigenvalue weighted by atomic mass is 9.46. The fraction of sp³-hybridized carbons (Fsp3) is 0.926. The van der Waals surface area contributed by atoms with Gasteiger partial charge in [0, 0.05) is 0 Å². The average molecular weight is 371 g/mol. The highest BCUT2D eigenvalue weighted by molar-refractivity contribution is 5.33. The highest BCUT2D eigenvalue weighted by atomic mass is 14.6. The van der Waals surface area contributed by atoms with E-state index in [-0.39, 0.29) is 0 Å². The number of fused-ring (bicyclic) bond motifs is 5. The van der Waals surface area contributed by atoms with E-state index in [0.717, 1.165) is 29.6 Å². The van der Waals surface area contributed by atoms with Crippen molar-refractivity contribution in [3.05, 3.63) is 11.1 Å². The van der Waals surface area contributed by atoms with E-state index >= 15 is 0 Å². The summed E-state index contributed by atoms with van der Waals surface area (Å²) >= 11 is 0. The summed E-state index contributed by atoms with van der Waals surface area (Å²) in [5.74, 6) is 4.83. The highest BCUT2D eigenvalue weighted by Gasteiger charge is 2.56. The summed E-state index contributed by atoms with van der Waals surface area (Å²) < 4.78 is 0. The van der Waals surface area contributed by atoms with E-state index in [1.807, 2.05) is 11.1 Å². The minimum Gasteiger partial charge on any atom is -0.0676 e. The van der Waals surface area contributed by atoms with Gasteiger partial charge in [0.1, 0.15) is 0 Å². The number of hydrogen-bond donors (Lipinski definition) is 0. The van der Waals surface area contributed by atoms with Gasteiger partial charge in [0.15, 0.2) is 0 Å². The Morgan fingerprint density at radius 2 is 1.67 bits per heavy atom. The molecule has 0 saturated heterocycles. The van der Waals surface area contributed by atoms with E-state index < -0.39 is 0 Å². The maximum Gasteiger partial charge on any atom is -0.00796 e. The van der Waals surface area contributed by atoms with Crippen LogP contribution in [0.2, 0.25) is 0 Å². The Morgan fingerprint density at radius 1 is 0.852 bits per heavy atom. The zero-order valence-corrected chi connectivity index (χ0v) is 19.1. The number of allylic oxidation sites excluding steroid dienone is 2. The van der Waals surface area contributed by atoms with Crippen LogP contribution in [0.1, 0.15) is 118 Å². The van der Waals surface area contributed by atoms with Gasteiger partial charge in [-0.2, -0.15) is 0 Å². The van der Waals surface area contributed by atoms with Crippen molar-refractivity contribution in [1.29, 1.82) is 0 Å². The summed E-state index contributed by atoms with van der Waals surface area (Å²) in [5.41, 5.74) is 5.17. The van der Waals surface area contributed by atoms with E-state index in [4.69, 9.17) is 0 Å². The first-order valence-corrected chi connectivity index (χ1v) is 12.6. The van der Waals surface area contributed by atoms with Crippen LogP contribution < -0.4 is 0 Å². The fourth-order valence-corrected chi connectivity index (χ4v) is 8.42. The molecule has 4 aliphatic carbocycles. The van der Waals surface area contributed by atoms with Crippen molar-refractivity contribution < 1.29 is 0 Å². The molecule has 0 unspecified atom stereocenters. The predicted molar refractivity (Wildman–Crippen MR) is 118 cm³/mol. The van der Waals surface area contributed by atoms with Gasteiger partial charge in [0.05, 0.1) is 0 Å². The Labute approximate surface area is 170 Å². The van der Waals surface area contributed by atoms with Gasteiger partial charge in [-0.3, -0.25) is 0 Å². The molecule has 3 fully saturated rings. The predicted octanol–water partition coefficient (Wildman–Crippen LogP) is 8.56. The molecule has 154 valence electrons. The van der Waals surface area contributed by atoms with Crippen LogP contribution in [0.3, 0.4) is 0 Å². The monoisotopic (exact) mass is 370 g/mol. The first-order chi connectivity index (χ1) is 12.8. The van der Waals surface area contributed by atoms with Crippen LogP contribution in [0.5, 0.6) is 0 Å². The molecule has 27 heavy (non-hydrogen) atoms. The van der Waals surface area contributed by atoms with Crippen molar-refractivity contribution in [2.24, 2.45) is 40.4 Å². The van der Waals surface area contributed by atoms with Gasteiger partial charge in [-0.15, -0.1) is 0 Å². The molecule has 6 atom stereocenters. The summed E-state index contributed by atoms with van der Waals surface area (Å²) in [4.78, 5) is 0. The van der Waals surface area contributed by atoms with Crippen LogP contribution in [0.25, 0.3) is 0 Å². The zero-order valence-electron chi connectivity index (χ0n) is 19.1. The fourth-order valence-electron chi connectivity index (χ4n) is 8.42. The van der Waals surface area contributed by atoms with Crippen LogP contribution in [0, 0.1) is 40.4 Å². The maximum absolute atomic E-state index is 2.71. The normalized spacial score (nSPS) is 42.7. The molecule has 0 radical (unpaired) electrons. The van der Waals surface area contributed by atoms with Crippen molar-refractivity contribution in [2.75, 3.05) is 0 Å². The van der Waals surface area contributed by atoms with Crippen molar-refractivity contribution in [1.82, 2.24) is 0 Å². The Bertz CT molecular complexity index is 569. The summed E-state index contributed by atoms with van der Waals surface area (Å²) in [6.07, 6.45) is 19.3. The zero-order chi connectivity index (χ0) is 19.2. The molecule has 4 aliphatic rings. The number of rotatable bonds is 5. The minimum absolute atomic E-state index is 0.573. The van der Waals surface area contributed by atoms with Crippen molar-refractivity contribution in [3.8, 4) is 0 Å². The third-order valence-corrected chi connectivity index (χ3v) is 10.0. The lowest BCUT2D eigenvalue weighted by Crippen LogP contribution is -2.50. The molecule has 0 aromatic carbocycles. The second-order valence-corrected chi connectivity index (χ2v) is 12.0. The Balaban J connectivity index is 1.52. The molecule has 0 amide bonds. The van der Waals surface area contributed by atoms with E-state index in [2.05, 4.69) is 34.6 Å². The molecule has 0 spiro atoms. The van der Waals surface area contributed by atoms with Crippen molar-refractivity contribution >= 4 is 0 Å². The Hall–Kier alpha value is -0.260. The molecular weight excluding hydrogens is 324 g/mol. The van der Waals surface area contributed by atoms with E-state index in [0.29, 0.717) is 10.8 Å². The number of hydrogen-bond acceptors (Lipinski definition) is 0. The van der Waals surface area contributed by atoms with Crippen molar-refractivity contribution in [3.63, 3.8) is 0 Å². The van der Waals surface area contributed by atoms with E-state index in [1.54, 1.807) is 6.42 Å². The van der Waals surface area contributed by atoms with Gasteiger partial charge in [-0.05, 0) is 98.2 Å². The quantitative estimate of drug-likeness (QED) is 0.425. The van der Waals surface area contributed by atoms with Crippen LogP contribution in [0.4, 0.5) is 0 Å². The SMILES string of the molecule is CC(C)CCC[C@H](C)C1=C2CC[C@H]3[C@H]4CCCC[C@@]4(C)CC[C@@H]3[C@@]2(C)CC1. The molecule has 0 aromatic rings. The van der Waals surface area contributed by atoms with Gasteiger partial charge in [0.25, 0.3) is 0 Å². The lowest BCUT2D eigenvalue weighted by molar-refractivity contribution is -0.0674. The smallest absolute Gasteiger partial charge is 0.00796 e. The highest BCUT2D eigenvalue weighted by Crippen LogP contribution is 2.66. The molecule has 0 aromatic heterocycles. The first kappa shape index (κ1) is 20.0. The van der Waals surface area contributed by atoms with Gasteiger partial charge in [-0.25, -0.2) is 0 Å². The molecule has 3 saturated carbocycles.